The first-order chi connectivity index (χ1) is 14.5. The van der Waals surface area contributed by atoms with Crippen molar-refractivity contribution < 1.29 is 14.3 Å². The molecule has 1 aliphatic heterocycles. The second-order valence-electron chi connectivity index (χ2n) is 7.40. The van der Waals surface area contributed by atoms with Gasteiger partial charge in [-0.05, 0) is 55.3 Å². The molecule has 30 heavy (non-hydrogen) atoms. The highest BCUT2D eigenvalue weighted by atomic mass is 35.5. The maximum atomic E-state index is 12.6. The minimum atomic E-state index is -0.228. The summed E-state index contributed by atoms with van der Waals surface area (Å²) in [4.78, 5) is 29.1. The molecule has 0 spiro atoms. The number of carbonyl (C=O) groups excluding carboxylic acids is 2. The summed E-state index contributed by atoms with van der Waals surface area (Å²) in [7, 11) is 1.64. The van der Waals surface area contributed by atoms with E-state index in [-0.39, 0.29) is 17.9 Å². The second kappa shape index (κ2) is 10.5. The third-order valence-electron chi connectivity index (χ3n) is 5.49. The summed E-state index contributed by atoms with van der Waals surface area (Å²) in [6.07, 6.45) is 0.770. The number of piperazine rings is 1. The molecule has 3 rings (SSSR count). The van der Waals surface area contributed by atoms with Gasteiger partial charge in [-0.3, -0.25) is 14.5 Å². The van der Waals surface area contributed by atoms with E-state index in [1.54, 1.807) is 31.4 Å². The zero-order valence-corrected chi connectivity index (χ0v) is 18.2. The van der Waals surface area contributed by atoms with E-state index in [4.69, 9.17) is 16.3 Å². The van der Waals surface area contributed by atoms with Gasteiger partial charge in [0, 0.05) is 43.3 Å². The van der Waals surface area contributed by atoms with Crippen LogP contribution in [0.3, 0.4) is 0 Å². The molecule has 1 N–H and O–H groups in total. The Hall–Kier alpha value is -2.57. The van der Waals surface area contributed by atoms with Gasteiger partial charge in [-0.25, -0.2) is 0 Å². The summed E-state index contributed by atoms with van der Waals surface area (Å²) in [5.41, 5.74) is 1.79. The van der Waals surface area contributed by atoms with Crippen molar-refractivity contribution in [3.05, 3.63) is 64.7 Å². The highest BCUT2D eigenvalue weighted by molar-refractivity contribution is 6.30. The lowest BCUT2D eigenvalue weighted by molar-refractivity contribution is -0.126. The van der Waals surface area contributed by atoms with Gasteiger partial charge < -0.3 is 15.0 Å². The zero-order valence-electron chi connectivity index (χ0n) is 17.4. The van der Waals surface area contributed by atoms with Gasteiger partial charge in [0.2, 0.25) is 5.91 Å². The molecule has 0 aliphatic carbocycles. The first-order valence-electron chi connectivity index (χ1n) is 10.2. The van der Waals surface area contributed by atoms with Crippen LogP contribution in [0, 0.1) is 0 Å². The molecule has 1 heterocycles. The maximum Gasteiger partial charge on any atom is 0.253 e. The highest BCUT2D eigenvalue weighted by Crippen LogP contribution is 2.14. The molecule has 2 aromatic carbocycles. The van der Waals surface area contributed by atoms with E-state index in [1.165, 1.54) is 0 Å². The van der Waals surface area contributed by atoms with Crippen LogP contribution in [0.15, 0.2) is 48.5 Å². The van der Waals surface area contributed by atoms with Gasteiger partial charge >= 0.3 is 0 Å². The first kappa shape index (κ1) is 22.1. The molecule has 1 unspecified atom stereocenters. The average molecular weight is 430 g/mol. The van der Waals surface area contributed by atoms with Crippen molar-refractivity contribution in [2.75, 3.05) is 39.8 Å². The number of hydrogen-bond acceptors (Lipinski definition) is 4. The molecule has 1 saturated heterocycles. The van der Waals surface area contributed by atoms with Crippen LogP contribution in [0.1, 0.15) is 22.8 Å². The Morgan fingerprint density at radius 3 is 2.27 bits per heavy atom. The van der Waals surface area contributed by atoms with E-state index in [9.17, 15) is 9.59 Å². The zero-order chi connectivity index (χ0) is 21.5. The monoisotopic (exact) mass is 429 g/mol. The molecule has 6 nitrogen and oxygen atoms in total. The molecule has 160 valence electrons. The van der Waals surface area contributed by atoms with E-state index < -0.39 is 0 Å². The van der Waals surface area contributed by atoms with Gasteiger partial charge in [0.05, 0.1) is 13.2 Å². The quantitative estimate of drug-likeness (QED) is 0.735. The minimum absolute atomic E-state index is 0.00270. The molecule has 0 bridgehead atoms. The molecular formula is C23H28ClN3O3. The van der Waals surface area contributed by atoms with Crippen molar-refractivity contribution in [1.82, 2.24) is 15.1 Å². The van der Waals surface area contributed by atoms with Gasteiger partial charge in [-0.15, -0.1) is 0 Å². The minimum Gasteiger partial charge on any atom is -0.497 e. The highest BCUT2D eigenvalue weighted by Gasteiger charge is 2.27. The Balaban J connectivity index is 1.42. The van der Waals surface area contributed by atoms with Crippen LogP contribution in [-0.2, 0) is 11.2 Å². The van der Waals surface area contributed by atoms with E-state index in [2.05, 4.69) is 10.2 Å². The van der Waals surface area contributed by atoms with Crippen LogP contribution in [0.25, 0.3) is 0 Å². The number of rotatable bonds is 7. The van der Waals surface area contributed by atoms with Crippen LogP contribution in [0.2, 0.25) is 5.02 Å². The fourth-order valence-electron chi connectivity index (χ4n) is 3.52. The predicted octanol–water partition coefficient (Wildman–Crippen LogP) is 2.85. The van der Waals surface area contributed by atoms with E-state index >= 15 is 0 Å². The summed E-state index contributed by atoms with van der Waals surface area (Å²) in [5.74, 6) is 0.842. The summed E-state index contributed by atoms with van der Waals surface area (Å²) < 4.78 is 5.16. The van der Waals surface area contributed by atoms with Crippen LogP contribution in [-0.4, -0.2) is 67.5 Å². The van der Waals surface area contributed by atoms with E-state index in [1.807, 2.05) is 36.1 Å². The number of ether oxygens (including phenoxy) is 1. The second-order valence-corrected chi connectivity index (χ2v) is 7.84. The Morgan fingerprint density at radius 1 is 1.03 bits per heavy atom. The molecule has 2 amide bonds. The van der Waals surface area contributed by atoms with Crippen LogP contribution >= 0.6 is 11.6 Å². The summed E-state index contributed by atoms with van der Waals surface area (Å²) in [6.45, 7) is 5.05. The average Bonchev–Trinajstić information content (AvgIpc) is 2.79. The van der Waals surface area contributed by atoms with Crippen molar-refractivity contribution in [2.24, 2.45) is 0 Å². The summed E-state index contributed by atoms with van der Waals surface area (Å²) >= 11 is 5.89. The molecular weight excluding hydrogens is 402 g/mol. The Kier molecular flexibility index (Phi) is 7.71. The smallest absolute Gasteiger partial charge is 0.253 e. The molecule has 0 saturated carbocycles. The standard InChI is InChI=1S/C23H28ClN3O3/c1-17(22(28)25-12-11-18-3-9-21(30-2)10-4-18)26-13-15-27(16-14-26)23(29)19-5-7-20(24)8-6-19/h3-10,17H,11-16H2,1-2H3,(H,25,28). The Morgan fingerprint density at radius 2 is 1.67 bits per heavy atom. The summed E-state index contributed by atoms with van der Waals surface area (Å²) in [5, 5.41) is 3.63. The van der Waals surface area contributed by atoms with Crippen molar-refractivity contribution in [1.29, 1.82) is 0 Å². The van der Waals surface area contributed by atoms with Gasteiger partial charge in [0.1, 0.15) is 5.75 Å². The number of amides is 2. The maximum absolute atomic E-state index is 12.6. The largest absolute Gasteiger partial charge is 0.497 e. The van der Waals surface area contributed by atoms with Crippen molar-refractivity contribution in [2.45, 2.75) is 19.4 Å². The lowest BCUT2D eigenvalue weighted by atomic mass is 10.1. The first-order valence-corrected chi connectivity index (χ1v) is 10.6. The molecule has 1 atom stereocenters. The van der Waals surface area contributed by atoms with Gasteiger partial charge in [-0.1, -0.05) is 23.7 Å². The molecule has 1 fully saturated rings. The van der Waals surface area contributed by atoms with Gasteiger partial charge in [0.15, 0.2) is 0 Å². The Bertz CT molecular complexity index is 847. The Labute approximate surface area is 182 Å². The summed E-state index contributed by atoms with van der Waals surface area (Å²) in [6, 6.07) is 14.6. The molecule has 2 aromatic rings. The fourth-order valence-corrected chi connectivity index (χ4v) is 3.65. The van der Waals surface area contributed by atoms with Gasteiger partial charge in [0.25, 0.3) is 5.91 Å². The fraction of sp³-hybridized carbons (Fsp3) is 0.391. The van der Waals surface area contributed by atoms with E-state index in [0.717, 1.165) is 17.7 Å². The topological polar surface area (TPSA) is 61.9 Å². The van der Waals surface area contributed by atoms with Crippen LogP contribution in [0.4, 0.5) is 0 Å². The number of nitrogens with zero attached hydrogens (tertiary/aromatic N) is 2. The van der Waals surface area contributed by atoms with Gasteiger partial charge in [-0.2, -0.15) is 0 Å². The van der Waals surface area contributed by atoms with Crippen LogP contribution < -0.4 is 10.1 Å². The number of carbonyl (C=O) groups is 2. The predicted molar refractivity (Wildman–Crippen MR) is 118 cm³/mol. The SMILES string of the molecule is COc1ccc(CCNC(=O)C(C)N2CCN(C(=O)c3ccc(Cl)cc3)CC2)cc1. The molecule has 7 heteroatoms. The van der Waals surface area contributed by atoms with Crippen molar-refractivity contribution >= 4 is 23.4 Å². The number of hydrogen-bond donors (Lipinski definition) is 1. The third-order valence-corrected chi connectivity index (χ3v) is 5.74. The lowest BCUT2D eigenvalue weighted by Crippen LogP contribution is -2.55. The number of methoxy groups -OCH3 is 1. The number of halogens is 1. The molecule has 0 radical (unpaired) electrons. The van der Waals surface area contributed by atoms with E-state index in [0.29, 0.717) is 43.3 Å². The normalized spacial score (nSPS) is 15.5. The lowest BCUT2D eigenvalue weighted by Gasteiger charge is -2.37. The third kappa shape index (κ3) is 5.74. The van der Waals surface area contributed by atoms with Crippen molar-refractivity contribution in [3.8, 4) is 5.75 Å². The van der Waals surface area contributed by atoms with Crippen molar-refractivity contribution in [3.63, 3.8) is 0 Å². The molecule has 0 aromatic heterocycles. The number of nitrogens with one attached hydrogen (secondary N) is 1. The van der Waals surface area contributed by atoms with Crippen LogP contribution in [0.5, 0.6) is 5.75 Å². The number of benzene rings is 2. The molecule has 1 aliphatic rings.